The monoisotopic (exact) mass is 524 g/mol. The van der Waals surface area contributed by atoms with E-state index in [1.54, 1.807) is 6.20 Å². The molecule has 7 nitrogen and oxygen atoms in total. The molecule has 0 spiro atoms. The van der Waals surface area contributed by atoms with Crippen molar-refractivity contribution in [3.8, 4) is 0 Å². The molecule has 11 heteroatoms. The lowest BCUT2D eigenvalue weighted by atomic mass is 9.98. The number of alkyl halides is 3. The fraction of sp³-hybridized carbons (Fsp3) is 0.520. The van der Waals surface area contributed by atoms with E-state index >= 15 is 0 Å². The van der Waals surface area contributed by atoms with Crippen LogP contribution in [-0.4, -0.2) is 54.4 Å². The second-order valence-electron chi connectivity index (χ2n) is 10.0. The van der Waals surface area contributed by atoms with Crippen molar-refractivity contribution in [3.63, 3.8) is 0 Å². The molecule has 2 aromatic rings. The number of hydrogen-bond donors (Lipinski definition) is 1. The van der Waals surface area contributed by atoms with Crippen molar-refractivity contribution in [2.75, 3.05) is 25.9 Å². The number of nitrogens with one attached hydrogen (secondary N) is 1. The van der Waals surface area contributed by atoms with Crippen LogP contribution >= 0.6 is 0 Å². The molecule has 1 atom stereocenters. The molecule has 1 aromatic heterocycles. The van der Waals surface area contributed by atoms with Crippen molar-refractivity contribution in [2.24, 2.45) is 11.8 Å². The molecule has 2 aliphatic rings. The van der Waals surface area contributed by atoms with Crippen molar-refractivity contribution >= 4 is 15.9 Å². The Balaban J connectivity index is 1.37. The van der Waals surface area contributed by atoms with Crippen molar-refractivity contribution in [1.29, 1.82) is 0 Å². The lowest BCUT2D eigenvalue weighted by Crippen LogP contribution is -2.50. The fourth-order valence-electron chi connectivity index (χ4n) is 4.92. The first-order chi connectivity index (χ1) is 16.8. The van der Waals surface area contributed by atoms with Crippen molar-refractivity contribution in [1.82, 2.24) is 19.5 Å². The van der Waals surface area contributed by atoms with E-state index in [1.807, 2.05) is 6.07 Å². The quantitative estimate of drug-likeness (QED) is 0.568. The Hall–Kier alpha value is -2.50. The van der Waals surface area contributed by atoms with Crippen LogP contribution in [-0.2, 0) is 29.3 Å². The van der Waals surface area contributed by atoms with Gasteiger partial charge >= 0.3 is 6.18 Å². The molecule has 3 heterocycles. The van der Waals surface area contributed by atoms with Crippen LogP contribution in [0.2, 0.25) is 0 Å². The first-order valence-corrected chi connectivity index (χ1v) is 13.8. The zero-order chi connectivity index (χ0) is 26.3. The Morgan fingerprint density at radius 2 is 1.86 bits per heavy atom. The molecule has 4 rings (SSSR count). The van der Waals surface area contributed by atoms with Crippen LogP contribution in [0.5, 0.6) is 0 Å². The minimum atomic E-state index is -4.36. The average molecular weight is 525 g/mol. The Bertz CT molecular complexity index is 1210. The van der Waals surface area contributed by atoms with E-state index in [-0.39, 0.29) is 23.8 Å². The van der Waals surface area contributed by atoms with Gasteiger partial charge in [-0.3, -0.25) is 14.7 Å². The summed E-state index contributed by atoms with van der Waals surface area (Å²) in [5.74, 6) is 0.234. The van der Waals surface area contributed by atoms with Gasteiger partial charge in [-0.15, -0.1) is 0 Å². The minimum absolute atomic E-state index is 0.00388. The Labute approximate surface area is 209 Å². The number of fused-ring (bicyclic) bond motifs is 1. The Morgan fingerprint density at radius 1 is 1.19 bits per heavy atom. The van der Waals surface area contributed by atoms with E-state index in [4.69, 9.17) is 0 Å². The van der Waals surface area contributed by atoms with Crippen LogP contribution in [0.3, 0.4) is 0 Å². The van der Waals surface area contributed by atoms with Crippen molar-refractivity contribution in [3.05, 3.63) is 64.5 Å². The highest BCUT2D eigenvalue weighted by molar-refractivity contribution is 7.88. The molecular formula is C25H31F3N4O3S. The minimum Gasteiger partial charge on any atom is -0.352 e. The highest BCUT2D eigenvalue weighted by Crippen LogP contribution is 2.39. The van der Waals surface area contributed by atoms with E-state index < -0.39 is 21.8 Å². The lowest BCUT2D eigenvalue weighted by molar-refractivity contribution is -0.137. The van der Waals surface area contributed by atoms with Gasteiger partial charge in [0, 0.05) is 38.9 Å². The number of halogens is 3. The van der Waals surface area contributed by atoms with E-state index in [1.165, 1.54) is 22.7 Å². The molecule has 0 bridgehead atoms. The van der Waals surface area contributed by atoms with Crippen LogP contribution in [0.1, 0.15) is 59.1 Å². The lowest BCUT2D eigenvalue weighted by Gasteiger charge is -2.37. The van der Waals surface area contributed by atoms with Crippen LogP contribution in [0.25, 0.3) is 0 Å². The molecule has 0 saturated carbocycles. The van der Waals surface area contributed by atoms with Gasteiger partial charge in [0.2, 0.25) is 10.0 Å². The molecule has 0 radical (unpaired) electrons. The number of sulfonamides is 1. The third-order valence-corrected chi connectivity index (χ3v) is 8.08. The molecular weight excluding hydrogens is 493 g/mol. The predicted octanol–water partition coefficient (Wildman–Crippen LogP) is 3.82. The number of nitrogens with zero attached hydrogens (tertiary/aromatic N) is 3. The third kappa shape index (κ3) is 5.90. The Kier molecular flexibility index (Phi) is 7.45. The maximum atomic E-state index is 12.9. The maximum absolute atomic E-state index is 12.9. The zero-order valence-corrected chi connectivity index (χ0v) is 21.4. The van der Waals surface area contributed by atoms with Crippen LogP contribution in [0.4, 0.5) is 13.2 Å². The summed E-state index contributed by atoms with van der Waals surface area (Å²) < 4.78 is 63.0. The number of hydrogen-bond acceptors (Lipinski definition) is 5. The molecule has 1 saturated heterocycles. The van der Waals surface area contributed by atoms with E-state index in [0.29, 0.717) is 44.7 Å². The standard InChI is InChI=1S/C25H31F3N4O3S/c1-16(2)23-22-20(15-31(23)12-17-4-6-21(7-5-17)25(26,27)28)10-19(11-30-22)24(33)29-9-8-18-13-32(14-18)36(3,34)35/h4-7,10-11,16,18,23H,8-9,12-15H2,1-3H3,(H,29,33)/t23-/m0/s1. The summed E-state index contributed by atoms with van der Waals surface area (Å²) in [6, 6.07) is 7.06. The summed E-state index contributed by atoms with van der Waals surface area (Å²) in [7, 11) is -3.14. The molecule has 36 heavy (non-hydrogen) atoms. The summed E-state index contributed by atoms with van der Waals surface area (Å²) in [5.41, 5.74) is 2.41. The number of pyridine rings is 1. The first-order valence-electron chi connectivity index (χ1n) is 11.9. The van der Waals surface area contributed by atoms with Gasteiger partial charge < -0.3 is 5.32 Å². The second-order valence-corrected chi connectivity index (χ2v) is 12.0. The Morgan fingerprint density at radius 3 is 2.44 bits per heavy atom. The number of carbonyl (C=O) groups excluding carboxylic acids is 1. The first kappa shape index (κ1) is 26.6. The normalized spacial score (nSPS) is 19.4. The van der Waals surface area contributed by atoms with Gasteiger partial charge in [0.05, 0.1) is 29.1 Å². The SMILES string of the molecule is CC(C)[C@H]1c2ncc(C(=O)NCCC3CN(S(C)(=O)=O)C3)cc2CN1Cc1ccc(C(F)(F)F)cc1. The summed E-state index contributed by atoms with van der Waals surface area (Å²) in [4.78, 5) is 19.5. The molecule has 1 fully saturated rings. The van der Waals surface area contributed by atoms with Crippen molar-refractivity contribution < 1.29 is 26.4 Å². The second kappa shape index (κ2) is 10.1. The van der Waals surface area contributed by atoms with E-state index in [0.717, 1.165) is 29.0 Å². The van der Waals surface area contributed by atoms with Gasteiger partial charge in [0.15, 0.2) is 0 Å². The number of aromatic nitrogens is 1. The molecule has 1 N–H and O–H groups in total. The van der Waals surface area contributed by atoms with Gasteiger partial charge in [0.1, 0.15) is 0 Å². The summed E-state index contributed by atoms with van der Waals surface area (Å²) in [5, 5.41) is 2.89. The number of benzene rings is 1. The van der Waals surface area contributed by atoms with E-state index in [2.05, 4.69) is 29.0 Å². The van der Waals surface area contributed by atoms with Gasteiger partial charge in [-0.25, -0.2) is 12.7 Å². The molecule has 2 aliphatic heterocycles. The molecule has 0 aliphatic carbocycles. The van der Waals surface area contributed by atoms with E-state index in [9.17, 15) is 26.4 Å². The molecule has 1 amide bonds. The predicted molar refractivity (Wildman–Crippen MR) is 129 cm³/mol. The smallest absolute Gasteiger partial charge is 0.352 e. The van der Waals surface area contributed by atoms with Gasteiger partial charge in [-0.2, -0.15) is 13.2 Å². The summed E-state index contributed by atoms with van der Waals surface area (Å²) >= 11 is 0. The molecule has 1 aromatic carbocycles. The average Bonchev–Trinajstić information content (AvgIpc) is 3.11. The highest BCUT2D eigenvalue weighted by atomic mass is 32.2. The largest absolute Gasteiger partial charge is 0.416 e. The van der Waals surface area contributed by atoms with Gasteiger partial charge in [-0.05, 0) is 47.6 Å². The van der Waals surface area contributed by atoms with Crippen LogP contribution < -0.4 is 5.32 Å². The van der Waals surface area contributed by atoms with Crippen LogP contribution in [0, 0.1) is 11.8 Å². The highest BCUT2D eigenvalue weighted by Gasteiger charge is 2.35. The van der Waals surface area contributed by atoms with Crippen LogP contribution in [0.15, 0.2) is 36.5 Å². The zero-order valence-electron chi connectivity index (χ0n) is 20.5. The van der Waals surface area contributed by atoms with Crippen molar-refractivity contribution in [2.45, 2.75) is 45.6 Å². The third-order valence-electron chi connectivity index (χ3n) is 6.84. The van der Waals surface area contributed by atoms with Gasteiger partial charge in [0.25, 0.3) is 5.91 Å². The summed E-state index contributed by atoms with van der Waals surface area (Å²) in [6.45, 7) is 6.61. The molecule has 196 valence electrons. The topological polar surface area (TPSA) is 82.6 Å². The maximum Gasteiger partial charge on any atom is 0.416 e. The number of amides is 1. The molecule has 0 unspecified atom stereocenters. The number of carbonyl (C=O) groups is 1. The summed E-state index contributed by atoms with van der Waals surface area (Å²) in [6.07, 6.45) is -0.898. The number of rotatable bonds is 8. The fourth-order valence-corrected chi connectivity index (χ4v) is 5.88. The van der Waals surface area contributed by atoms with Gasteiger partial charge in [-0.1, -0.05) is 26.0 Å².